The van der Waals surface area contributed by atoms with Crippen molar-refractivity contribution < 1.29 is 0 Å². The van der Waals surface area contributed by atoms with E-state index in [0.29, 0.717) is 23.4 Å². The predicted octanol–water partition coefficient (Wildman–Crippen LogP) is 3.25. The van der Waals surface area contributed by atoms with Crippen LogP contribution in [0, 0.1) is 6.92 Å². The molecule has 0 aliphatic heterocycles. The number of aryl methyl sites for hydroxylation is 1. The summed E-state index contributed by atoms with van der Waals surface area (Å²) in [5.41, 5.74) is 7.69. The van der Waals surface area contributed by atoms with Crippen LogP contribution in [0.2, 0.25) is 0 Å². The molecule has 0 atom stereocenters. The van der Waals surface area contributed by atoms with Crippen molar-refractivity contribution in [3.63, 3.8) is 0 Å². The van der Waals surface area contributed by atoms with Crippen molar-refractivity contribution in [1.82, 2.24) is 15.0 Å². The average Bonchev–Trinajstić information content (AvgIpc) is 2.52. The molecule has 1 aliphatic carbocycles. The molecule has 6 heteroatoms. The Morgan fingerprint density at radius 2 is 1.86 bits per heavy atom. The van der Waals surface area contributed by atoms with Gasteiger partial charge < -0.3 is 16.4 Å². The molecule has 1 fully saturated rings. The first-order valence-corrected chi connectivity index (χ1v) is 7.80. The van der Waals surface area contributed by atoms with E-state index in [2.05, 4.69) is 25.6 Å². The summed E-state index contributed by atoms with van der Waals surface area (Å²) in [6.07, 6.45) is 7.72. The van der Waals surface area contributed by atoms with E-state index < -0.39 is 0 Å². The summed E-state index contributed by atoms with van der Waals surface area (Å²) < 4.78 is 0. The molecule has 22 heavy (non-hydrogen) atoms. The first-order chi connectivity index (χ1) is 10.7. The number of rotatable bonds is 4. The van der Waals surface area contributed by atoms with Crippen LogP contribution in [0.4, 0.5) is 23.1 Å². The summed E-state index contributed by atoms with van der Waals surface area (Å²) in [6.45, 7) is 1.95. The average molecular weight is 298 g/mol. The molecule has 6 nitrogen and oxygen atoms in total. The van der Waals surface area contributed by atoms with Crippen molar-refractivity contribution in [2.45, 2.75) is 45.1 Å². The SMILES string of the molecule is Cc1cccc(Nc2ncnc(NC3CCCCC3)c2N)n1. The van der Waals surface area contributed by atoms with Crippen LogP contribution in [0.15, 0.2) is 24.5 Å². The molecule has 0 unspecified atom stereocenters. The molecule has 2 heterocycles. The molecule has 2 aromatic heterocycles. The van der Waals surface area contributed by atoms with E-state index in [-0.39, 0.29) is 0 Å². The molecule has 1 aliphatic rings. The number of anilines is 4. The number of nitrogens with zero attached hydrogens (tertiary/aromatic N) is 3. The number of pyridine rings is 1. The molecule has 0 saturated heterocycles. The van der Waals surface area contributed by atoms with Crippen LogP contribution in [-0.2, 0) is 0 Å². The Morgan fingerprint density at radius 3 is 2.64 bits per heavy atom. The number of aromatic nitrogens is 3. The number of nitrogens with two attached hydrogens (primary N) is 1. The minimum Gasteiger partial charge on any atom is -0.393 e. The molecule has 0 bridgehead atoms. The van der Waals surface area contributed by atoms with Crippen LogP contribution >= 0.6 is 0 Å². The molecule has 0 aromatic carbocycles. The fraction of sp³-hybridized carbons (Fsp3) is 0.438. The Hall–Kier alpha value is -2.37. The van der Waals surface area contributed by atoms with Gasteiger partial charge in [0.1, 0.15) is 17.8 Å². The maximum atomic E-state index is 6.21. The smallest absolute Gasteiger partial charge is 0.160 e. The predicted molar refractivity (Wildman–Crippen MR) is 89.2 cm³/mol. The summed E-state index contributed by atoms with van der Waals surface area (Å²) in [5, 5.41) is 6.61. The van der Waals surface area contributed by atoms with Crippen molar-refractivity contribution in [3.05, 3.63) is 30.2 Å². The zero-order valence-electron chi connectivity index (χ0n) is 12.8. The monoisotopic (exact) mass is 298 g/mol. The Morgan fingerprint density at radius 1 is 1.09 bits per heavy atom. The van der Waals surface area contributed by atoms with Crippen LogP contribution in [-0.4, -0.2) is 21.0 Å². The van der Waals surface area contributed by atoms with Gasteiger partial charge in [-0.3, -0.25) is 0 Å². The van der Waals surface area contributed by atoms with Crippen molar-refractivity contribution in [3.8, 4) is 0 Å². The molecule has 0 spiro atoms. The Kier molecular flexibility index (Phi) is 4.37. The van der Waals surface area contributed by atoms with Crippen LogP contribution < -0.4 is 16.4 Å². The maximum absolute atomic E-state index is 6.21. The zero-order chi connectivity index (χ0) is 15.4. The lowest BCUT2D eigenvalue weighted by atomic mass is 9.95. The summed E-state index contributed by atoms with van der Waals surface area (Å²) >= 11 is 0. The topological polar surface area (TPSA) is 88.8 Å². The highest BCUT2D eigenvalue weighted by molar-refractivity contribution is 5.77. The van der Waals surface area contributed by atoms with Gasteiger partial charge >= 0.3 is 0 Å². The Bertz CT molecular complexity index is 636. The highest BCUT2D eigenvalue weighted by atomic mass is 15.1. The molecule has 1 saturated carbocycles. The quantitative estimate of drug-likeness (QED) is 0.803. The molecule has 2 aromatic rings. The first-order valence-electron chi connectivity index (χ1n) is 7.80. The van der Waals surface area contributed by atoms with Gasteiger partial charge in [-0.2, -0.15) is 0 Å². The summed E-state index contributed by atoms with van der Waals surface area (Å²) in [4.78, 5) is 12.9. The van der Waals surface area contributed by atoms with Crippen molar-refractivity contribution >= 4 is 23.1 Å². The van der Waals surface area contributed by atoms with Gasteiger partial charge in [-0.05, 0) is 31.9 Å². The summed E-state index contributed by atoms with van der Waals surface area (Å²) in [7, 11) is 0. The largest absolute Gasteiger partial charge is 0.393 e. The lowest BCUT2D eigenvalue weighted by molar-refractivity contribution is 0.462. The normalized spacial score (nSPS) is 15.5. The second kappa shape index (κ2) is 6.60. The summed E-state index contributed by atoms with van der Waals surface area (Å²) in [6, 6.07) is 6.24. The highest BCUT2D eigenvalue weighted by Crippen LogP contribution is 2.28. The summed E-state index contributed by atoms with van der Waals surface area (Å²) in [5.74, 6) is 2.03. The number of hydrogen-bond acceptors (Lipinski definition) is 6. The van der Waals surface area contributed by atoms with E-state index in [9.17, 15) is 0 Å². The van der Waals surface area contributed by atoms with E-state index in [0.717, 1.165) is 11.5 Å². The van der Waals surface area contributed by atoms with Crippen molar-refractivity contribution in [2.75, 3.05) is 16.4 Å². The fourth-order valence-corrected chi connectivity index (χ4v) is 2.78. The molecule has 116 valence electrons. The lowest BCUT2D eigenvalue weighted by Crippen LogP contribution is -2.23. The standard InChI is InChI=1S/C16H22N6/c1-11-6-5-9-13(20-11)22-16-14(17)15(18-10-19-16)21-12-7-3-2-4-8-12/h5-6,9-10,12H,2-4,7-8,17H2,1H3,(H2,18,19,20,21,22). The Balaban J connectivity index is 1.76. The second-order valence-corrected chi connectivity index (χ2v) is 5.75. The molecule has 0 amide bonds. The second-order valence-electron chi connectivity index (χ2n) is 5.75. The van der Waals surface area contributed by atoms with E-state index >= 15 is 0 Å². The van der Waals surface area contributed by atoms with Crippen LogP contribution in [0.1, 0.15) is 37.8 Å². The van der Waals surface area contributed by atoms with Gasteiger partial charge in [0.15, 0.2) is 11.6 Å². The van der Waals surface area contributed by atoms with Crippen LogP contribution in [0.25, 0.3) is 0 Å². The minimum atomic E-state index is 0.455. The fourth-order valence-electron chi connectivity index (χ4n) is 2.78. The minimum absolute atomic E-state index is 0.455. The van der Waals surface area contributed by atoms with Gasteiger partial charge in [0.05, 0.1) is 0 Å². The first kappa shape index (κ1) is 14.6. The van der Waals surface area contributed by atoms with E-state index in [1.807, 2.05) is 25.1 Å². The zero-order valence-corrected chi connectivity index (χ0v) is 12.8. The maximum Gasteiger partial charge on any atom is 0.160 e. The molecular formula is C16H22N6. The van der Waals surface area contributed by atoms with Crippen LogP contribution in [0.3, 0.4) is 0 Å². The van der Waals surface area contributed by atoms with Gasteiger partial charge in [0.25, 0.3) is 0 Å². The molecule has 4 N–H and O–H groups in total. The lowest BCUT2D eigenvalue weighted by Gasteiger charge is -2.24. The number of hydrogen-bond donors (Lipinski definition) is 3. The molecular weight excluding hydrogens is 276 g/mol. The highest BCUT2D eigenvalue weighted by Gasteiger charge is 2.16. The number of nitrogen functional groups attached to an aromatic ring is 1. The van der Waals surface area contributed by atoms with Gasteiger partial charge in [0, 0.05) is 11.7 Å². The van der Waals surface area contributed by atoms with E-state index in [1.54, 1.807) is 0 Å². The van der Waals surface area contributed by atoms with Gasteiger partial charge in [-0.25, -0.2) is 15.0 Å². The van der Waals surface area contributed by atoms with Gasteiger partial charge in [-0.15, -0.1) is 0 Å². The van der Waals surface area contributed by atoms with Crippen LogP contribution in [0.5, 0.6) is 0 Å². The third-order valence-electron chi connectivity index (χ3n) is 3.96. The Labute approximate surface area is 130 Å². The molecule has 0 radical (unpaired) electrons. The van der Waals surface area contributed by atoms with Gasteiger partial charge in [0.2, 0.25) is 0 Å². The number of nitrogens with one attached hydrogen (secondary N) is 2. The van der Waals surface area contributed by atoms with Crippen molar-refractivity contribution in [2.24, 2.45) is 0 Å². The van der Waals surface area contributed by atoms with E-state index in [1.165, 1.54) is 38.4 Å². The van der Waals surface area contributed by atoms with E-state index in [4.69, 9.17) is 5.73 Å². The molecule has 3 rings (SSSR count). The third-order valence-corrected chi connectivity index (χ3v) is 3.96. The van der Waals surface area contributed by atoms with Crippen molar-refractivity contribution in [1.29, 1.82) is 0 Å². The van der Waals surface area contributed by atoms with Gasteiger partial charge in [-0.1, -0.05) is 25.3 Å². The third kappa shape index (κ3) is 3.44.